The van der Waals surface area contributed by atoms with Crippen LogP contribution in [0.1, 0.15) is 27.2 Å². The van der Waals surface area contributed by atoms with Crippen molar-refractivity contribution in [1.82, 2.24) is 0 Å². The normalized spacial score (nSPS) is 5.44. The Morgan fingerprint density at radius 1 is 1.44 bits per heavy atom. The molecular formula is C5H15Cl2NO. The minimum atomic E-state index is -0.211. The molecule has 0 rings (SSSR count). The van der Waals surface area contributed by atoms with E-state index in [1.165, 1.54) is 0 Å². The van der Waals surface area contributed by atoms with Crippen molar-refractivity contribution >= 4 is 30.7 Å². The van der Waals surface area contributed by atoms with E-state index in [0.717, 1.165) is 6.42 Å². The van der Waals surface area contributed by atoms with Gasteiger partial charge in [0.1, 0.15) is 0 Å². The molecule has 0 spiro atoms. The van der Waals surface area contributed by atoms with E-state index in [0.29, 0.717) is 6.42 Å². The molecule has 60 valence electrons. The van der Waals surface area contributed by atoms with Crippen molar-refractivity contribution < 1.29 is 4.79 Å². The molecule has 0 aliphatic carbocycles. The molecule has 0 saturated carbocycles. The third kappa shape index (κ3) is 31.7. The number of primary amides is 1. The fourth-order valence-electron chi connectivity index (χ4n) is 0.246. The van der Waals surface area contributed by atoms with Crippen molar-refractivity contribution in [2.75, 3.05) is 0 Å². The Labute approximate surface area is 69.0 Å². The minimum absolute atomic E-state index is 0. The van der Waals surface area contributed by atoms with E-state index in [2.05, 4.69) is 0 Å². The summed E-state index contributed by atoms with van der Waals surface area (Å²) in [7, 11) is 0. The first-order valence-corrected chi connectivity index (χ1v) is 2.05. The third-order valence-electron chi connectivity index (χ3n) is 0.496. The van der Waals surface area contributed by atoms with Gasteiger partial charge in [-0.2, -0.15) is 0 Å². The zero-order valence-electron chi connectivity index (χ0n) is 4.72. The Bertz CT molecular complexity index is 58.9. The Balaban J connectivity index is -0.0000000417. The van der Waals surface area contributed by atoms with E-state index in [-0.39, 0.29) is 38.1 Å². The second kappa shape index (κ2) is 15.7. The SMILES string of the molecule is C.CCCC(N)=O.Cl.Cl. The van der Waals surface area contributed by atoms with Crippen LogP contribution in [-0.4, -0.2) is 5.91 Å². The van der Waals surface area contributed by atoms with Crippen LogP contribution in [0, 0.1) is 0 Å². The van der Waals surface area contributed by atoms with Crippen LogP contribution in [0.4, 0.5) is 0 Å². The van der Waals surface area contributed by atoms with Crippen LogP contribution in [0.15, 0.2) is 0 Å². The quantitative estimate of drug-likeness (QED) is 0.684. The topological polar surface area (TPSA) is 43.1 Å². The molecule has 0 aliphatic heterocycles. The number of carbonyl (C=O) groups is 1. The zero-order valence-corrected chi connectivity index (χ0v) is 6.35. The molecule has 0 radical (unpaired) electrons. The monoisotopic (exact) mass is 175 g/mol. The predicted octanol–water partition coefficient (Wildman–Crippen LogP) is 1.75. The zero-order chi connectivity index (χ0) is 4.99. The predicted molar refractivity (Wildman–Crippen MR) is 45.3 cm³/mol. The van der Waals surface area contributed by atoms with E-state index in [1.807, 2.05) is 6.92 Å². The lowest BCUT2D eigenvalue weighted by Gasteiger charge is -1.81. The summed E-state index contributed by atoms with van der Waals surface area (Å²) in [5.74, 6) is -0.211. The highest BCUT2D eigenvalue weighted by atomic mass is 35.5. The molecule has 0 bridgehead atoms. The molecule has 0 aromatic rings. The molecule has 0 heterocycles. The first-order chi connectivity index (χ1) is 2.77. The summed E-state index contributed by atoms with van der Waals surface area (Å²) in [6.07, 6.45) is 1.37. The maximum Gasteiger partial charge on any atom is 0.217 e. The molecule has 0 saturated heterocycles. The Kier molecular flexibility index (Phi) is 40.1. The van der Waals surface area contributed by atoms with Gasteiger partial charge in [0.25, 0.3) is 0 Å². The van der Waals surface area contributed by atoms with Gasteiger partial charge in [-0.1, -0.05) is 14.4 Å². The number of halogens is 2. The number of carbonyl (C=O) groups excluding carboxylic acids is 1. The summed E-state index contributed by atoms with van der Waals surface area (Å²) < 4.78 is 0. The molecule has 9 heavy (non-hydrogen) atoms. The highest BCUT2D eigenvalue weighted by molar-refractivity contribution is 5.85. The fraction of sp³-hybridized carbons (Fsp3) is 0.800. The van der Waals surface area contributed by atoms with Crippen molar-refractivity contribution in [3.63, 3.8) is 0 Å². The number of nitrogens with two attached hydrogens (primary N) is 1. The van der Waals surface area contributed by atoms with Crippen molar-refractivity contribution in [2.45, 2.75) is 27.2 Å². The van der Waals surface area contributed by atoms with Crippen LogP contribution in [-0.2, 0) is 4.79 Å². The molecule has 4 heteroatoms. The maximum atomic E-state index is 9.82. The highest BCUT2D eigenvalue weighted by Gasteiger charge is 1.84. The summed E-state index contributed by atoms with van der Waals surface area (Å²) in [5.41, 5.74) is 4.76. The van der Waals surface area contributed by atoms with E-state index in [4.69, 9.17) is 5.73 Å². The number of amides is 1. The molecule has 0 unspecified atom stereocenters. The molecule has 2 N–H and O–H groups in total. The van der Waals surface area contributed by atoms with Gasteiger partial charge in [-0.15, -0.1) is 24.8 Å². The molecule has 0 aliphatic rings. The average molecular weight is 176 g/mol. The molecule has 0 aromatic carbocycles. The molecule has 0 atom stereocenters. The minimum Gasteiger partial charge on any atom is -0.370 e. The van der Waals surface area contributed by atoms with E-state index >= 15 is 0 Å². The summed E-state index contributed by atoms with van der Waals surface area (Å²) in [5, 5.41) is 0. The lowest BCUT2D eigenvalue weighted by Crippen LogP contribution is -2.08. The van der Waals surface area contributed by atoms with Gasteiger partial charge < -0.3 is 5.73 Å². The van der Waals surface area contributed by atoms with Gasteiger partial charge >= 0.3 is 0 Å². The summed E-state index contributed by atoms with van der Waals surface area (Å²) in [4.78, 5) is 9.82. The lowest BCUT2D eigenvalue weighted by atomic mass is 10.3. The third-order valence-corrected chi connectivity index (χ3v) is 0.496. The van der Waals surface area contributed by atoms with Gasteiger partial charge in [-0.25, -0.2) is 0 Å². The molecule has 0 fully saturated rings. The van der Waals surface area contributed by atoms with Crippen LogP contribution in [0.2, 0.25) is 0 Å². The summed E-state index contributed by atoms with van der Waals surface area (Å²) >= 11 is 0. The van der Waals surface area contributed by atoms with E-state index in [9.17, 15) is 4.79 Å². The first-order valence-electron chi connectivity index (χ1n) is 2.05. The molecule has 2 nitrogen and oxygen atoms in total. The van der Waals surface area contributed by atoms with Crippen molar-refractivity contribution in [3.05, 3.63) is 0 Å². The molecule has 1 amide bonds. The Morgan fingerprint density at radius 2 is 1.78 bits per heavy atom. The van der Waals surface area contributed by atoms with Gasteiger partial charge in [-0.05, 0) is 6.42 Å². The van der Waals surface area contributed by atoms with Gasteiger partial charge in [0.2, 0.25) is 5.91 Å². The Morgan fingerprint density at radius 3 is 1.78 bits per heavy atom. The van der Waals surface area contributed by atoms with Crippen molar-refractivity contribution in [2.24, 2.45) is 5.73 Å². The summed E-state index contributed by atoms with van der Waals surface area (Å²) in [6, 6.07) is 0. The van der Waals surface area contributed by atoms with E-state index in [1.54, 1.807) is 0 Å². The van der Waals surface area contributed by atoms with Crippen LogP contribution >= 0.6 is 24.8 Å². The van der Waals surface area contributed by atoms with E-state index < -0.39 is 0 Å². The number of hydrogen-bond donors (Lipinski definition) is 1. The summed E-state index contributed by atoms with van der Waals surface area (Å²) in [6.45, 7) is 1.92. The molecule has 0 aromatic heterocycles. The number of rotatable bonds is 2. The molecular weight excluding hydrogens is 161 g/mol. The highest BCUT2D eigenvalue weighted by Crippen LogP contribution is 1.79. The standard InChI is InChI=1S/C4H9NO.CH4.2ClH/c1-2-3-4(5)6;;;/h2-3H2,1H3,(H2,5,6);1H4;2*1H. The first kappa shape index (κ1) is 23.0. The van der Waals surface area contributed by atoms with Crippen molar-refractivity contribution in [3.8, 4) is 0 Å². The van der Waals surface area contributed by atoms with Crippen molar-refractivity contribution in [1.29, 1.82) is 0 Å². The second-order valence-electron chi connectivity index (χ2n) is 1.22. The van der Waals surface area contributed by atoms with Gasteiger partial charge in [0.05, 0.1) is 0 Å². The van der Waals surface area contributed by atoms with Crippen LogP contribution in [0.3, 0.4) is 0 Å². The van der Waals surface area contributed by atoms with Crippen LogP contribution < -0.4 is 5.73 Å². The van der Waals surface area contributed by atoms with Crippen LogP contribution in [0.5, 0.6) is 0 Å². The largest absolute Gasteiger partial charge is 0.370 e. The fourth-order valence-corrected chi connectivity index (χ4v) is 0.246. The maximum absolute atomic E-state index is 9.82. The average Bonchev–Trinajstić information content (AvgIpc) is 1.35. The van der Waals surface area contributed by atoms with Gasteiger partial charge in [-0.3, -0.25) is 4.79 Å². The lowest BCUT2D eigenvalue weighted by molar-refractivity contribution is -0.118. The van der Waals surface area contributed by atoms with Gasteiger partial charge in [0, 0.05) is 6.42 Å². The number of hydrogen-bond acceptors (Lipinski definition) is 1. The Hall–Kier alpha value is 0.0500. The van der Waals surface area contributed by atoms with Crippen LogP contribution in [0.25, 0.3) is 0 Å². The second-order valence-corrected chi connectivity index (χ2v) is 1.22. The smallest absolute Gasteiger partial charge is 0.217 e. The van der Waals surface area contributed by atoms with Gasteiger partial charge in [0.15, 0.2) is 0 Å².